The van der Waals surface area contributed by atoms with Gasteiger partial charge in [0.2, 0.25) is 11.8 Å². The van der Waals surface area contributed by atoms with Crippen LogP contribution in [0.4, 0.5) is 4.79 Å². The van der Waals surface area contributed by atoms with E-state index in [1.807, 2.05) is 24.3 Å². The first-order valence-electron chi connectivity index (χ1n) is 9.98. The molecule has 0 fully saturated rings. The van der Waals surface area contributed by atoms with Gasteiger partial charge in [-0.05, 0) is 35.4 Å². The first kappa shape index (κ1) is 28.3. The largest absolute Gasteiger partial charge is 0.513 e. The summed E-state index contributed by atoms with van der Waals surface area (Å²) in [5.74, 6) is 0.419. The van der Waals surface area contributed by atoms with Crippen LogP contribution in [-0.2, 0) is 14.3 Å². The summed E-state index contributed by atoms with van der Waals surface area (Å²) in [4.78, 5) is 34.1. The molecule has 0 spiro atoms. The van der Waals surface area contributed by atoms with E-state index in [0.717, 1.165) is 11.1 Å². The van der Waals surface area contributed by atoms with Crippen LogP contribution < -0.4 is 31.0 Å². The van der Waals surface area contributed by atoms with E-state index in [1.54, 1.807) is 44.6 Å². The van der Waals surface area contributed by atoms with Crippen molar-refractivity contribution < 1.29 is 33.3 Å². The summed E-state index contributed by atoms with van der Waals surface area (Å²) in [5, 5.41) is 2.43. The Bertz CT molecular complexity index is 974. The van der Waals surface area contributed by atoms with Crippen LogP contribution in [0.25, 0.3) is 12.2 Å². The molecule has 2 aromatic rings. The summed E-state index contributed by atoms with van der Waals surface area (Å²) in [6, 6.07) is 11.3. The number of rotatable bonds is 11. The third kappa shape index (κ3) is 9.80. The fourth-order valence-electron chi connectivity index (χ4n) is 2.64. The smallest absolute Gasteiger partial charge is 0.497 e. The van der Waals surface area contributed by atoms with Gasteiger partial charge in [-0.2, -0.15) is 0 Å². The van der Waals surface area contributed by atoms with E-state index in [1.165, 1.54) is 0 Å². The van der Waals surface area contributed by atoms with Gasteiger partial charge in [-0.15, -0.1) is 12.4 Å². The molecule has 0 saturated carbocycles. The molecule has 0 radical (unpaired) electrons. The molecular weight excluding hydrogens is 466 g/mol. The highest BCUT2D eigenvalue weighted by molar-refractivity contribution is 5.87. The van der Waals surface area contributed by atoms with Crippen molar-refractivity contribution in [3.63, 3.8) is 0 Å². The number of methoxy groups -OCH3 is 2. The van der Waals surface area contributed by atoms with Crippen LogP contribution in [0.1, 0.15) is 17.5 Å². The summed E-state index contributed by atoms with van der Waals surface area (Å²) in [5.41, 5.74) is 12.3. The molecule has 0 aliphatic rings. The minimum atomic E-state index is -1.05. The monoisotopic (exact) mass is 493 g/mol. The van der Waals surface area contributed by atoms with Crippen LogP contribution >= 0.6 is 12.4 Å². The predicted molar refractivity (Wildman–Crippen MR) is 129 cm³/mol. The summed E-state index contributed by atoms with van der Waals surface area (Å²) in [6.07, 6.45) is 2.60. The van der Waals surface area contributed by atoms with E-state index < -0.39 is 24.0 Å². The number of carbonyl (C=O) groups is 3. The van der Waals surface area contributed by atoms with Crippen molar-refractivity contribution in [2.24, 2.45) is 11.5 Å². The molecule has 1 unspecified atom stereocenters. The fraction of sp³-hybridized carbons (Fsp3) is 0.261. The van der Waals surface area contributed by atoms with E-state index >= 15 is 0 Å². The highest BCUT2D eigenvalue weighted by Crippen LogP contribution is 2.24. The molecule has 2 rings (SSSR count). The number of halogens is 1. The van der Waals surface area contributed by atoms with Gasteiger partial charge in [-0.25, -0.2) is 4.79 Å². The van der Waals surface area contributed by atoms with Crippen LogP contribution in [0.15, 0.2) is 42.5 Å². The highest BCUT2D eigenvalue weighted by Gasteiger charge is 2.15. The lowest BCUT2D eigenvalue weighted by atomic mass is 10.1. The lowest BCUT2D eigenvalue weighted by molar-refractivity contribution is -0.126. The van der Waals surface area contributed by atoms with Gasteiger partial charge in [0.25, 0.3) is 0 Å². The first-order chi connectivity index (χ1) is 15.8. The maximum absolute atomic E-state index is 11.8. The number of primary amides is 1. The minimum absolute atomic E-state index is 0. The van der Waals surface area contributed by atoms with E-state index in [-0.39, 0.29) is 32.0 Å². The second-order valence-corrected chi connectivity index (χ2v) is 6.82. The molecule has 0 saturated heterocycles. The summed E-state index contributed by atoms with van der Waals surface area (Å²) >= 11 is 0. The molecule has 10 nitrogen and oxygen atoms in total. The van der Waals surface area contributed by atoms with Crippen molar-refractivity contribution in [1.82, 2.24) is 5.32 Å². The molecule has 0 heterocycles. The van der Waals surface area contributed by atoms with Crippen LogP contribution in [0.3, 0.4) is 0 Å². The molecular formula is C23H28ClN3O7. The van der Waals surface area contributed by atoms with E-state index in [0.29, 0.717) is 17.2 Å². The topological polar surface area (TPSA) is 152 Å². The molecule has 2 amide bonds. The number of carbonyl (C=O) groups excluding carboxylic acids is 3. The van der Waals surface area contributed by atoms with Gasteiger partial charge in [0, 0.05) is 6.07 Å². The average Bonchev–Trinajstić information content (AvgIpc) is 2.80. The molecule has 1 atom stereocenters. The first-order valence-corrected chi connectivity index (χ1v) is 9.98. The molecule has 5 N–H and O–H groups in total. The van der Waals surface area contributed by atoms with Crippen LogP contribution in [0.2, 0.25) is 0 Å². The Balaban J connectivity index is 0.00000578. The predicted octanol–water partition coefficient (Wildman–Crippen LogP) is 2.13. The van der Waals surface area contributed by atoms with Gasteiger partial charge in [-0.3, -0.25) is 9.59 Å². The second-order valence-electron chi connectivity index (χ2n) is 6.82. The Morgan fingerprint density at radius 3 is 2.09 bits per heavy atom. The Kier molecular flexibility index (Phi) is 12.0. The Hall–Kier alpha value is -3.76. The molecule has 0 aromatic heterocycles. The van der Waals surface area contributed by atoms with Gasteiger partial charge in [-0.1, -0.05) is 24.3 Å². The van der Waals surface area contributed by atoms with E-state index in [4.69, 9.17) is 30.4 Å². The van der Waals surface area contributed by atoms with Crippen LogP contribution in [0.5, 0.6) is 17.2 Å². The Morgan fingerprint density at radius 2 is 1.53 bits per heavy atom. The number of ether oxygens (including phenoxy) is 4. The van der Waals surface area contributed by atoms with Gasteiger partial charge >= 0.3 is 6.16 Å². The highest BCUT2D eigenvalue weighted by atomic mass is 35.5. The fourth-order valence-corrected chi connectivity index (χ4v) is 2.64. The maximum atomic E-state index is 11.8. The normalized spacial score (nSPS) is 11.1. The zero-order valence-electron chi connectivity index (χ0n) is 18.8. The number of benzene rings is 2. The van der Waals surface area contributed by atoms with Crippen molar-refractivity contribution in [3.05, 3.63) is 53.6 Å². The number of amides is 2. The van der Waals surface area contributed by atoms with E-state index in [2.05, 4.69) is 5.32 Å². The SMILES string of the molecule is COc1cc(C=Cc2ccc(OC(=O)OCCNC(=O)C(N)CC(N)=O)cc2)cc(OC)c1.Cl. The summed E-state index contributed by atoms with van der Waals surface area (Å²) in [6.45, 7) is -0.113. The Labute approximate surface area is 203 Å². The van der Waals surface area contributed by atoms with Gasteiger partial charge in [0.05, 0.1) is 33.2 Å². The van der Waals surface area contributed by atoms with Crippen molar-refractivity contribution in [3.8, 4) is 17.2 Å². The van der Waals surface area contributed by atoms with Crippen molar-refractivity contribution in [2.45, 2.75) is 12.5 Å². The van der Waals surface area contributed by atoms with Crippen molar-refractivity contribution in [1.29, 1.82) is 0 Å². The summed E-state index contributed by atoms with van der Waals surface area (Å²) < 4.78 is 20.5. The number of nitrogens with two attached hydrogens (primary N) is 2. The van der Waals surface area contributed by atoms with Gasteiger partial charge in [0.1, 0.15) is 23.9 Å². The zero-order chi connectivity index (χ0) is 24.2. The molecule has 0 bridgehead atoms. The van der Waals surface area contributed by atoms with Crippen LogP contribution in [0, 0.1) is 0 Å². The molecule has 0 aliphatic heterocycles. The quantitative estimate of drug-likeness (QED) is 0.186. The molecule has 0 aliphatic carbocycles. The second kappa shape index (κ2) is 14.4. The molecule has 184 valence electrons. The third-order valence-electron chi connectivity index (χ3n) is 4.30. The maximum Gasteiger partial charge on any atom is 0.513 e. The van der Waals surface area contributed by atoms with Crippen molar-refractivity contribution >= 4 is 42.5 Å². The summed E-state index contributed by atoms with van der Waals surface area (Å²) in [7, 11) is 3.17. The molecule has 11 heteroatoms. The number of nitrogens with one attached hydrogen (secondary N) is 1. The van der Waals surface area contributed by atoms with E-state index in [9.17, 15) is 14.4 Å². The third-order valence-corrected chi connectivity index (χ3v) is 4.30. The van der Waals surface area contributed by atoms with Crippen molar-refractivity contribution in [2.75, 3.05) is 27.4 Å². The lowest BCUT2D eigenvalue weighted by Crippen LogP contribution is -2.44. The Morgan fingerprint density at radius 1 is 0.941 bits per heavy atom. The molecule has 2 aromatic carbocycles. The number of hydrogen-bond donors (Lipinski definition) is 3. The molecule has 34 heavy (non-hydrogen) atoms. The standard InChI is InChI=1S/C23H27N3O7.ClH/c1-30-18-11-16(12-19(13-18)31-2)4-3-15-5-7-17(8-6-15)33-23(29)32-10-9-26-22(28)20(24)14-21(25)27;/h3-8,11-13,20H,9-10,14,24H2,1-2H3,(H2,25,27)(H,26,28);1H. The van der Waals surface area contributed by atoms with Gasteiger partial charge in [0.15, 0.2) is 0 Å². The lowest BCUT2D eigenvalue weighted by Gasteiger charge is -2.10. The number of hydrogen-bond acceptors (Lipinski definition) is 8. The van der Waals surface area contributed by atoms with Crippen LogP contribution in [-0.4, -0.2) is 51.4 Å². The average molecular weight is 494 g/mol. The minimum Gasteiger partial charge on any atom is -0.497 e. The zero-order valence-corrected chi connectivity index (χ0v) is 19.6. The van der Waals surface area contributed by atoms with Gasteiger partial charge < -0.3 is 35.7 Å².